The minimum absolute atomic E-state index is 0.104. The first-order valence-electron chi connectivity index (χ1n) is 10.7. The summed E-state index contributed by atoms with van der Waals surface area (Å²) in [4.78, 5) is 14.5. The van der Waals surface area contributed by atoms with Gasteiger partial charge in [-0.05, 0) is 48.1 Å². The molecule has 2 aromatic rings. The molecule has 0 saturated heterocycles. The summed E-state index contributed by atoms with van der Waals surface area (Å²) in [5.74, 6) is 1.29. The maximum absolute atomic E-state index is 11.9. The standard InChI is InChI=1S/C24H36N2OS/c1-19(2)18-24(20(3)4,21-12-8-7-9-13-21)15-10-5-6-11-16-26-17-14-22(28)25-23(26)27/h7-9,12-14,17,19-20H,5-6,10-11,15-16,18H2,1-4H3,(H,25,27,28). The molecule has 4 heteroatoms. The summed E-state index contributed by atoms with van der Waals surface area (Å²) in [5.41, 5.74) is 1.64. The molecule has 1 atom stereocenters. The van der Waals surface area contributed by atoms with Crippen molar-refractivity contribution in [2.24, 2.45) is 11.8 Å². The average Bonchev–Trinajstić information content (AvgIpc) is 2.65. The van der Waals surface area contributed by atoms with Crippen molar-refractivity contribution in [1.29, 1.82) is 0 Å². The van der Waals surface area contributed by atoms with Gasteiger partial charge in [-0.2, -0.15) is 0 Å². The highest BCUT2D eigenvalue weighted by Crippen LogP contribution is 2.42. The molecule has 1 N–H and O–H groups in total. The molecule has 154 valence electrons. The highest BCUT2D eigenvalue weighted by molar-refractivity contribution is 7.71. The number of unbranched alkanes of at least 4 members (excludes halogenated alkanes) is 3. The van der Waals surface area contributed by atoms with Crippen LogP contribution in [0.3, 0.4) is 0 Å². The Bertz CT molecular complexity index is 822. The van der Waals surface area contributed by atoms with E-state index in [0.29, 0.717) is 16.5 Å². The van der Waals surface area contributed by atoms with E-state index in [-0.39, 0.29) is 11.1 Å². The number of nitrogens with zero attached hydrogens (tertiary/aromatic N) is 1. The van der Waals surface area contributed by atoms with Crippen LogP contribution in [0.15, 0.2) is 47.4 Å². The van der Waals surface area contributed by atoms with Gasteiger partial charge in [-0.1, -0.05) is 89.5 Å². The molecule has 0 spiro atoms. The van der Waals surface area contributed by atoms with Gasteiger partial charge < -0.3 is 4.57 Å². The van der Waals surface area contributed by atoms with Crippen LogP contribution in [-0.2, 0) is 12.0 Å². The summed E-state index contributed by atoms with van der Waals surface area (Å²) in [6, 6.07) is 12.9. The first-order chi connectivity index (χ1) is 13.3. The molecule has 0 fully saturated rings. The number of benzene rings is 1. The van der Waals surface area contributed by atoms with Crippen molar-refractivity contribution in [3.8, 4) is 0 Å². The van der Waals surface area contributed by atoms with Crippen LogP contribution in [-0.4, -0.2) is 9.55 Å². The van der Waals surface area contributed by atoms with Crippen LogP contribution in [0.25, 0.3) is 0 Å². The van der Waals surface area contributed by atoms with Crippen molar-refractivity contribution < 1.29 is 0 Å². The third-order valence-electron chi connectivity index (χ3n) is 5.90. The van der Waals surface area contributed by atoms with E-state index in [2.05, 4.69) is 63.0 Å². The molecule has 0 bridgehead atoms. The van der Waals surface area contributed by atoms with Crippen molar-refractivity contribution in [2.45, 2.75) is 78.2 Å². The van der Waals surface area contributed by atoms with Gasteiger partial charge >= 0.3 is 5.69 Å². The van der Waals surface area contributed by atoms with Crippen LogP contribution in [0.2, 0.25) is 0 Å². The highest BCUT2D eigenvalue weighted by atomic mass is 32.1. The zero-order chi connectivity index (χ0) is 20.6. The van der Waals surface area contributed by atoms with E-state index >= 15 is 0 Å². The molecule has 28 heavy (non-hydrogen) atoms. The molecule has 2 rings (SSSR count). The fourth-order valence-corrected chi connectivity index (χ4v) is 4.57. The summed E-state index contributed by atoms with van der Waals surface area (Å²) in [6.07, 6.45) is 8.85. The van der Waals surface area contributed by atoms with Gasteiger partial charge in [0.2, 0.25) is 0 Å². The maximum atomic E-state index is 11.9. The number of hydrogen-bond acceptors (Lipinski definition) is 2. The predicted octanol–water partition coefficient (Wildman–Crippen LogP) is 6.50. The number of H-pyrrole nitrogens is 1. The topological polar surface area (TPSA) is 37.8 Å². The third kappa shape index (κ3) is 6.16. The summed E-state index contributed by atoms with van der Waals surface area (Å²) < 4.78 is 2.22. The van der Waals surface area contributed by atoms with Crippen molar-refractivity contribution in [1.82, 2.24) is 9.55 Å². The maximum Gasteiger partial charge on any atom is 0.326 e. The molecule has 0 aliphatic rings. The van der Waals surface area contributed by atoms with E-state index in [4.69, 9.17) is 12.2 Å². The largest absolute Gasteiger partial charge is 0.326 e. The fourth-order valence-electron chi connectivity index (χ4n) is 4.42. The van der Waals surface area contributed by atoms with Gasteiger partial charge in [-0.15, -0.1) is 0 Å². The fraction of sp³-hybridized carbons (Fsp3) is 0.583. The quantitative estimate of drug-likeness (QED) is 0.345. The average molecular weight is 401 g/mol. The molecule has 1 heterocycles. The molecule has 0 amide bonds. The summed E-state index contributed by atoms with van der Waals surface area (Å²) in [6.45, 7) is 10.2. The van der Waals surface area contributed by atoms with Crippen LogP contribution in [0.1, 0.15) is 71.8 Å². The van der Waals surface area contributed by atoms with E-state index in [1.807, 2.05) is 0 Å². The van der Waals surface area contributed by atoms with E-state index < -0.39 is 0 Å². The summed E-state index contributed by atoms with van der Waals surface area (Å²) in [5, 5.41) is 0. The molecule has 0 radical (unpaired) electrons. The minimum Gasteiger partial charge on any atom is -0.301 e. The van der Waals surface area contributed by atoms with E-state index in [9.17, 15) is 4.79 Å². The molecule has 1 unspecified atom stereocenters. The summed E-state index contributed by atoms with van der Waals surface area (Å²) in [7, 11) is 0. The van der Waals surface area contributed by atoms with Gasteiger partial charge in [0, 0.05) is 12.7 Å². The van der Waals surface area contributed by atoms with E-state index in [1.165, 1.54) is 31.2 Å². The lowest BCUT2D eigenvalue weighted by molar-refractivity contribution is 0.225. The Morgan fingerprint density at radius 3 is 2.29 bits per heavy atom. The number of aryl methyl sites for hydroxylation is 1. The van der Waals surface area contributed by atoms with Crippen LogP contribution in [0, 0.1) is 16.5 Å². The second-order valence-electron chi connectivity index (χ2n) is 8.74. The summed E-state index contributed by atoms with van der Waals surface area (Å²) >= 11 is 4.99. The highest BCUT2D eigenvalue weighted by Gasteiger charge is 2.35. The van der Waals surface area contributed by atoms with Gasteiger partial charge in [0.1, 0.15) is 4.64 Å². The molecule has 0 aliphatic carbocycles. The van der Waals surface area contributed by atoms with Crippen LogP contribution in [0.5, 0.6) is 0 Å². The molecular formula is C24H36N2OS. The van der Waals surface area contributed by atoms with Crippen molar-refractivity contribution in [3.63, 3.8) is 0 Å². The number of hydrogen-bond donors (Lipinski definition) is 1. The molecule has 0 saturated carbocycles. The first kappa shape index (κ1) is 22.6. The Hall–Kier alpha value is -1.68. The van der Waals surface area contributed by atoms with Crippen molar-refractivity contribution in [2.75, 3.05) is 0 Å². The number of rotatable bonds is 11. The molecule has 3 nitrogen and oxygen atoms in total. The monoisotopic (exact) mass is 400 g/mol. The lowest BCUT2D eigenvalue weighted by Gasteiger charge is -2.40. The van der Waals surface area contributed by atoms with Gasteiger partial charge in [0.05, 0.1) is 0 Å². The van der Waals surface area contributed by atoms with Gasteiger partial charge in [-0.3, -0.25) is 4.98 Å². The molecule has 0 aliphatic heterocycles. The second-order valence-corrected chi connectivity index (χ2v) is 9.18. The predicted molar refractivity (Wildman–Crippen MR) is 121 cm³/mol. The molecular weight excluding hydrogens is 364 g/mol. The smallest absolute Gasteiger partial charge is 0.301 e. The van der Waals surface area contributed by atoms with Gasteiger partial charge in [0.25, 0.3) is 0 Å². The second kappa shape index (κ2) is 10.8. The van der Waals surface area contributed by atoms with Crippen molar-refractivity contribution >= 4 is 12.2 Å². The van der Waals surface area contributed by atoms with E-state index in [1.54, 1.807) is 16.8 Å². The first-order valence-corrected chi connectivity index (χ1v) is 11.1. The van der Waals surface area contributed by atoms with Crippen LogP contribution in [0.4, 0.5) is 0 Å². The Morgan fingerprint density at radius 1 is 1.00 bits per heavy atom. The third-order valence-corrected chi connectivity index (χ3v) is 6.13. The zero-order valence-electron chi connectivity index (χ0n) is 17.9. The Morgan fingerprint density at radius 2 is 1.68 bits per heavy atom. The van der Waals surface area contributed by atoms with Gasteiger partial charge in [-0.25, -0.2) is 4.79 Å². The SMILES string of the molecule is CC(C)CC(CCCCCCn1ccc(=S)[nH]c1=O)(c1ccccc1)C(C)C. The molecule has 1 aromatic heterocycles. The number of nitrogens with one attached hydrogen (secondary N) is 1. The van der Waals surface area contributed by atoms with Crippen LogP contribution >= 0.6 is 12.2 Å². The Balaban J connectivity index is 1.92. The number of aromatic amines is 1. The normalized spacial score (nSPS) is 13.8. The van der Waals surface area contributed by atoms with Gasteiger partial charge in [0.15, 0.2) is 0 Å². The Kier molecular flexibility index (Phi) is 8.68. The van der Waals surface area contributed by atoms with Crippen molar-refractivity contribution in [3.05, 3.63) is 63.3 Å². The Labute approximate surface area is 175 Å². The minimum atomic E-state index is -0.104. The zero-order valence-corrected chi connectivity index (χ0v) is 18.7. The lowest BCUT2D eigenvalue weighted by atomic mass is 9.64. The number of aromatic nitrogens is 2. The lowest BCUT2D eigenvalue weighted by Crippen LogP contribution is -2.34. The van der Waals surface area contributed by atoms with E-state index in [0.717, 1.165) is 19.4 Å². The molecule has 1 aromatic carbocycles. The van der Waals surface area contributed by atoms with Crippen LogP contribution < -0.4 is 5.69 Å².